The molecular weight excluding hydrogens is 470 g/mol. The molecule has 2 aromatic rings. The molecule has 0 aliphatic rings. The molecule has 0 atom stereocenters. The monoisotopic (exact) mass is 494 g/mol. The van der Waals surface area contributed by atoms with Crippen molar-refractivity contribution in [3.8, 4) is 0 Å². The van der Waals surface area contributed by atoms with Crippen LogP contribution in [0.15, 0.2) is 48.6 Å². The van der Waals surface area contributed by atoms with Crippen LogP contribution >= 0.6 is 11.3 Å². The van der Waals surface area contributed by atoms with Gasteiger partial charge >= 0.3 is 12.4 Å². The van der Waals surface area contributed by atoms with Gasteiger partial charge in [0.05, 0.1) is 13.2 Å². The van der Waals surface area contributed by atoms with Crippen LogP contribution in [-0.4, -0.2) is 33.3 Å². The van der Waals surface area contributed by atoms with E-state index in [9.17, 15) is 41.7 Å². The first kappa shape index (κ1) is 27.1. The van der Waals surface area contributed by atoms with Crippen LogP contribution in [0, 0.1) is 0 Å². The van der Waals surface area contributed by atoms with E-state index in [0.717, 1.165) is 16.5 Å². The molecule has 0 saturated carbocycles. The number of halogens is 6. The standard InChI is InChI=1S/C23H24F6O3S/c1-2-16(4-3-11-21(32,22(24,25)26)23(27,28)29)20-10-9-19(33-20)8-6-15-5-7-17(13-30)18(12-15)14-31/h3-5,7,9-12,30-32H,2,6,8,13-14H2,1H3. The quantitative estimate of drug-likeness (QED) is 0.309. The van der Waals surface area contributed by atoms with Crippen LogP contribution < -0.4 is 0 Å². The topological polar surface area (TPSA) is 60.7 Å². The van der Waals surface area contributed by atoms with Gasteiger partial charge in [0.25, 0.3) is 5.60 Å². The van der Waals surface area contributed by atoms with Crippen LogP contribution in [0.5, 0.6) is 0 Å². The number of benzene rings is 1. The largest absolute Gasteiger partial charge is 0.430 e. The zero-order chi connectivity index (χ0) is 24.9. The lowest BCUT2D eigenvalue weighted by Gasteiger charge is -2.29. The molecule has 0 unspecified atom stereocenters. The highest BCUT2D eigenvalue weighted by Crippen LogP contribution is 2.44. The lowest BCUT2D eigenvalue weighted by molar-refractivity contribution is -0.347. The van der Waals surface area contributed by atoms with Gasteiger partial charge in [0, 0.05) is 9.75 Å². The average Bonchev–Trinajstić information content (AvgIpc) is 3.22. The van der Waals surface area contributed by atoms with Gasteiger partial charge in [-0.05, 0) is 59.7 Å². The van der Waals surface area contributed by atoms with Gasteiger partial charge in [-0.1, -0.05) is 37.3 Å². The summed E-state index contributed by atoms with van der Waals surface area (Å²) in [7, 11) is 0. The summed E-state index contributed by atoms with van der Waals surface area (Å²) in [6, 6.07) is 8.99. The van der Waals surface area contributed by atoms with Crippen LogP contribution in [0.2, 0.25) is 0 Å². The number of allylic oxidation sites excluding steroid dienone is 3. The predicted molar refractivity (Wildman–Crippen MR) is 114 cm³/mol. The van der Waals surface area contributed by atoms with Crippen LogP contribution in [0.4, 0.5) is 26.3 Å². The van der Waals surface area contributed by atoms with E-state index in [1.54, 1.807) is 19.1 Å². The van der Waals surface area contributed by atoms with E-state index >= 15 is 0 Å². The normalized spacial score (nSPS) is 13.8. The van der Waals surface area contributed by atoms with Gasteiger partial charge in [-0.3, -0.25) is 0 Å². The maximum absolute atomic E-state index is 12.8. The average molecular weight is 494 g/mol. The smallest absolute Gasteiger partial charge is 0.392 e. The Bertz CT molecular complexity index is 975. The van der Waals surface area contributed by atoms with Crippen LogP contribution in [0.25, 0.3) is 5.57 Å². The van der Waals surface area contributed by atoms with Gasteiger partial charge in [-0.15, -0.1) is 11.3 Å². The molecule has 0 spiro atoms. The molecule has 2 rings (SSSR count). The third-order valence-corrected chi connectivity index (χ3v) is 6.35. The fraction of sp³-hybridized carbons (Fsp3) is 0.391. The Morgan fingerprint density at radius 1 is 0.909 bits per heavy atom. The van der Waals surface area contributed by atoms with Crippen LogP contribution in [0.1, 0.15) is 39.8 Å². The van der Waals surface area contributed by atoms with E-state index in [2.05, 4.69) is 0 Å². The van der Waals surface area contributed by atoms with Crippen molar-refractivity contribution >= 4 is 16.9 Å². The molecule has 182 valence electrons. The summed E-state index contributed by atoms with van der Waals surface area (Å²) in [4.78, 5) is 1.67. The third kappa shape index (κ3) is 6.47. The van der Waals surface area contributed by atoms with Crippen molar-refractivity contribution in [2.24, 2.45) is 0 Å². The second-order valence-corrected chi connectivity index (χ2v) is 8.52. The Labute approximate surface area is 191 Å². The van der Waals surface area contributed by atoms with Crippen molar-refractivity contribution in [1.29, 1.82) is 0 Å². The number of aryl methyl sites for hydroxylation is 2. The molecule has 0 saturated heterocycles. The fourth-order valence-electron chi connectivity index (χ4n) is 3.12. The summed E-state index contributed by atoms with van der Waals surface area (Å²) >= 11 is 1.37. The van der Waals surface area contributed by atoms with E-state index in [1.807, 2.05) is 18.2 Å². The maximum Gasteiger partial charge on any atom is 0.430 e. The SMILES string of the molecule is CCC(=CC=CC(O)(C(F)(F)F)C(F)(F)F)c1ccc(CCc2ccc(CO)c(CO)c2)s1. The van der Waals surface area contributed by atoms with Gasteiger partial charge in [-0.2, -0.15) is 26.3 Å². The molecule has 0 amide bonds. The molecular formula is C23H24F6O3S. The number of alkyl halides is 6. The Balaban J connectivity index is 2.15. The van der Waals surface area contributed by atoms with Gasteiger partial charge in [0.1, 0.15) is 0 Å². The Morgan fingerprint density at radius 3 is 2.09 bits per heavy atom. The Kier molecular flexibility index (Phi) is 8.92. The minimum absolute atomic E-state index is 0.172. The second-order valence-electron chi connectivity index (χ2n) is 7.35. The molecule has 3 N–H and O–H groups in total. The molecule has 1 aromatic carbocycles. The van der Waals surface area contributed by atoms with E-state index in [4.69, 9.17) is 0 Å². The highest BCUT2D eigenvalue weighted by Gasteiger charge is 2.68. The van der Waals surface area contributed by atoms with Gasteiger partial charge in [0.15, 0.2) is 0 Å². The molecule has 0 fully saturated rings. The van der Waals surface area contributed by atoms with Crippen LogP contribution in [-0.2, 0) is 26.1 Å². The second kappa shape index (κ2) is 10.9. The van der Waals surface area contributed by atoms with Gasteiger partial charge < -0.3 is 15.3 Å². The highest BCUT2D eigenvalue weighted by atomic mass is 32.1. The summed E-state index contributed by atoms with van der Waals surface area (Å²) in [5, 5.41) is 27.9. The number of aliphatic hydroxyl groups is 3. The first-order valence-corrected chi connectivity index (χ1v) is 10.8. The number of aliphatic hydroxyl groups excluding tert-OH is 2. The minimum Gasteiger partial charge on any atom is -0.392 e. The molecule has 1 aromatic heterocycles. The molecule has 3 nitrogen and oxygen atoms in total. The van der Waals surface area contributed by atoms with E-state index < -0.39 is 18.0 Å². The summed E-state index contributed by atoms with van der Waals surface area (Å²) in [6.07, 6.45) is -8.71. The van der Waals surface area contributed by atoms with Crippen LogP contribution in [0.3, 0.4) is 0 Å². The molecule has 0 bridgehead atoms. The van der Waals surface area contributed by atoms with E-state index in [0.29, 0.717) is 46.9 Å². The minimum atomic E-state index is -5.90. The van der Waals surface area contributed by atoms with Gasteiger partial charge in [-0.25, -0.2) is 0 Å². The summed E-state index contributed by atoms with van der Waals surface area (Å²) < 4.78 is 76.7. The lowest BCUT2D eigenvalue weighted by atomic mass is 10.0. The molecule has 0 aliphatic heterocycles. The fourth-order valence-corrected chi connectivity index (χ4v) is 4.22. The number of hydrogen-bond donors (Lipinski definition) is 3. The van der Waals surface area contributed by atoms with Crippen molar-refractivity contribution in [3.05, 3.63) is 75.0 Å². The predicted octanol–water partition coefficient (Wildman–Crippen LogP) is 5.72. The molecule has 10 heteroatoms. The first-order valence-electron chi connectivity index (χ1n) is 10.0. The number of rotatable bonds is 9. The number of hydrogen-bond acceptors (Lipinski definition) is 4. The summed E-state index contributed by atoms with van der Waals surface area (Å²) in [5.41, 5.74) is -2.14. The van der Waals surface area contributed by atoms with Crippen molar-refractivity contribution < 1.29 is 41.7 Å². The van der Waals surface area contributed by atoms with Crippen molar-refractivity contribution in [1.82, 2.24) is 0 Å². The molecule has 0 aliphatic carbocycles. The molecule has 33 heavy (non-hydrogen) atoms. The zero-order valence-corrected chi connectivity index (χ0v) is 18.5. The zero-order valence-electron chi connectivity index (χ0n) is 17.7. The lowest BCUT2D eigenvalue weighted by Crippen LogP contribution is -2.55. The van der Waals surface area contributed by atoms with E-state index in [-0.39, 0.29) is 19.3 Å². The molecule has 0 radical (unpaired) electrons. The maximum atomic E-state index is 12.8. The number of thiophene rings is 1. The molecule has 1 heterocycles. The van der Waals surface area contributed by atoms with Crippen molar-refractivity contribution in [3.63, 3.8) is 0 Å². The van der Waals surface area contributed by atoms with E-state index in [1.165, 1.54) is 11.3 Å². The summed E-state index contributed by atoms with van der Waals surface area (Å²) in [5.74, 6) is 0. The Hall–Kier alpha value is -2.14. The highest BCUT2D eigenvalue weighted by molar-refractivity contribution is 7.13. The van der Waals surface area contributed by atoms with Crippen molar-refractivity contribution in [2.75, 3.05) is 0 Å². The first-order chi connectivity index (χ1) is 15.4. The third-order valence-electron chi connectivity index (χ3n) is 5.13. The summed E-state index contributed by atoms with van der Waals surface area (Å²) in [6.45, 7) is 1.36. The van der Waals surface area contributed by atoms with Gasteiger partial charge in [0.2, 0.25) is 0 Å². The Morgan fingerprint density at radius 2 is 1.55 bits per heavy atom. The van der Waals surface area contributed by atoms with Crippen molar-refractivity contribution in [2.45, 2.75) is 57.4 Å².